The van der Waals surface area contributed by atoms with Crippen LogP contribution in [0.2, 0.25) is 5.02 Å². The molecule has 1 aliphatic heterocycles. The quantitative estimate of drug-likeness (QED) is 0.605. The molecule has 1 aliphatic rings. The molecule has 3 aromatic rings. The number of hydrogen-bond acceptors (Lipinski definition) is 5. The van der Waals surface area contributed by atoms with Crippen LogP contribution in [0.4, 0.5) is 14.5 Å². The van der Waals surface area contributed by atoms with Gasteiger partial charge in [-0.2, -0.15) is 10.2 Å². The standard InChI is InChI=1S/C21H21ClF2N6O2/c1-10-3-4-12(13(7-10)19(23)24)11(2)30-15-5-6-29(9-14(15)18(28-30)20(25)31)16-8-26-27-21(32)17(16)22/h3-4,7-8,11,19H,5-6,9H2,1-2H3,(H2,25,31)(H,27,32)/t11-/m0/s1. The molecule has 2 aromatic heterocycles. The summed E-state index contributed by atoms with van der Waals surface area (Å²) >= 11 is 6.14. The number of alkyl halides is 2. The minimum Gasteiger partial charge on any atom is -0.364 e. The molecule has 0 radical (unpaired) electrons. The first-order chi connectivity index (χ1) is 15.2. The largest absolute Gasteiger partial charge is 0.364 e. The van der Waals surface area contributed by atoms with Crippen molar-refractivity contribution < 1.29 is 13.6 Å². The molecule has 0 bridgehead atoms. The number of aromatic amines is 1. The van der Waals surface area contributed by atoms with E-state index in [1.165, 1.54) is 12.3 Å². The number of amides is 1. The predicted octanol–water partition coefficient (Wildman–Crippen LogP) is 3.14. The maximum Gasteiger partial charge on any atom is 0.285 e. The topological polar surface area (TPSA) is 110 Å². The van der Waals surface area contributed by atoms with Gasteiger partial charge in [0, 0.05) is 36.3 Å². The third-order valence-electron chi connectivity index (χ3n) is 5.73. The second kappa shape index (κ2) is 8.34. The molecular formula is C21H21ClF2N6O2. The van der Waals surface area contributed by atoms with Gasteiger partial charge in [0.05, 0.1) is 17.9 Å². The van der Waals surface area contributed by atoms with Crippen molar-refractivity contribution in [1.29, 1.82) is 0 Å². The molecule has 0 fully saturated rings. The van der Waals surface area contributed by atoms with E-state index in [-0.39, 0.29) is 22.8 Å². The molecule has 168 valence electrons. The van der Waals surface area contributed by atoms with Crippen molar-refractivity contribution in [2.45, 2.75) is 39.3 Å². The molecule has 4 rings (SSSR count). The molecule has 3 N–H and O–H groups in total. The summed E-state index contributed by atoms with van der Waals surface area (Å²) in [5.74, 6) is -0.720. The van der Waals surface area contributed by atoms with Crippen molar-refractivity contribution in [2.24, 2.45) is 5.73 Å². The summed E-state index contributed by atoms with van der Waals surface area (Å²) in [4.78, 5) is 25.8. The molecule has 0 spiro atoms. The lowest BCUT2D eigenvalue weighted by Gasteiger charge is -2.30. The van der Waals surface area contributed by atoms with Crippen LogP contribution >= 0.6 is 11.6 Å². The number of nitrogens with two attached hydrogens (primary N) is 1. The summed E-state index contributed by atoms with van der Waals surface area (Å²) in [5.41, 5.74) is 7.96. The average Bonchev–Trinajstić information content (AvgIpc) is 3.14. The van der Waals surface area contributed by atoms with Crippen LogP contribution < -0.4 is 16.2 Å². The van der Waals surface area contributed by atoms with Gasteiger partial charge in [0.1, 0.15) is 5.02 Å². The Morgan fingerprint density at radius 2 is 2.06 bits per heavy atom. The fourth-order valence-corrected chi connectivity index (χ4v) is 4.37. The van der Waals surface area contributed by atoms with Crippen LogP contribution in [-0.4, -0.2) is 32.4 Å². The predicted molar refractivity (Wildman–Crippen MR) is 115 cm³/mol. The number of anilines is 1. The molecule has 0 saturated carbocycles. The van der Waals surface area contributed by atoms with Crippen LogP contribution in [0.5, 0.6) is 0 Å². The monoisotopic (exact) mass is 462 g/mol. The number of halogens is 3. The van der Waals surface area contributed by atoms with Crippen molar-refractivity contribution in [3.8, 4) is 0 Å². The van der Waals surface area contributed by atoms with E-state index in [4.69, 9.17) is 17.3 Å². The van der Waals surface area contributed by atoms with E-state index in [1.54, 1.807) is 30.7 Å². The van der Waals surface area contributed by atoms with Crippen LogP contribution in [0, 0.1) is 6.92 Å². The highest BCUT2D eigenvalue weighted by atomic mass is 35.5. The van der Waals surface area contributed by atoms with E-state index in [2.05, 4.69) is 15.3 Å². The third-order valence-corrected chi connectivity index (χ3v) is 6.10. The molecule has 3 heterocycles. The minimum absolute atomic E-state index is 0.00827. The number of carbonyl (C=O) groups excluding carboxylic acids is 1. The highest BCUT2D eigenvalue weighted by Gasteiger charge is 2.31. The van der Waals surface area contributed by atoms with Gasteiger partial charge < -0.3 is 10.6 Å². The van der Waals surface area contributed by atoms with E-state index in [1.807, 2.05) is 4.90 Å². The Hall–Kier alpha value is -3.27. The number of primary amides is 1. The number of hydrogen-bond donors (Lipinski definition) is 2. The van der Waals surface area contributed by atoms with Crippen LogP contribution in [0.25, 0.3) is 0 Å². The fourth-order valence-electron chi connectivity index (χ4n) is 4.16. The molecule has 8 nitrogen and oxygen atoms in total. The van der Waals surface area contributed by atoms with Gasteiger partial charge in [0.15, 0.2) is 5.69 Å². The first-order valence-electron chi connectivity index (χ1n) is 9.95. The number of aryl methyl sites for hydroxylation is 1. The van der Waals surface area contributed by atoms with Gasteiger partial charge in [0.2, 0.25) is 0 Å². The molecule has 0 unspecified atom stereocenters. The Balaban J connectivity index is 1.78. The maximum atomic E-state index is 13.7. The summed E-state index contributed by atoms with van der Waals surface area (Å²) in [6.07, 6.45) is -0.762. The molecule has 11 heteroatoms. The Morgan fingerprint density at radius 1 is 1.31 bits per heavy atom. The Labute approximate surface area is 187 Å². The summed E-state index contributed by atoms with van der Waals surface area (Å²) in [5, 5.41) is 10.5. The van der Waals surface area contributed by atoms with Gasteiger partial charge >= 0.3 is 0 Å². The number of carbonyl (C=O) groups is 1. The van der Waals surface area contributed by atoms with E-state index in [9.17, 15) is 18.4 Å². The Kier molecular flexibility index (Phi) is 5.72. The first-order valence-corrected chi connectivity index (χ1v) is 10.3. The average molecular weight is 463 g/mol. The van der Waals surface area contributed by atoms with Crippen LogP contribution in [0.1, 0.15) is 57.8 Å². The highest BCUT2D eigenvalue weighted by Crippen LogP contribution is 2.34. The number of benzene rings is 1. The molecule has 1 amide bonds. The molecular weight excluding hydrogens is 442 g/mol. The lowest BCUT2D eigenvalue weighted by Crippen LogP contribution is -2.33. The third kappa shape index (κ3) is 3.75. The van der Waals surface area contributed by atoms with Gasteiger partial charge in [0.25, 0.3) is 17.9 Å². The SMILES string of the molecule is Cc1ccc([C@H](C)n2nc(C(N)=O)c3c2CCN(c2cn[nH]c(=O)c2Cl)C3)c(C(F)F)c1. The van der Waals surface area contributed by atoms with Crippen LogP contribution in [-0.2, 0) is 13.0 Å². The summed E-state index contributed by atoms with van der Waals surface area (Å²) in [7, 11) is 0. The zero-order valence-electron chi connectivity index (χ0n) is 17.4. The van der Waals surface area contributed by atoms with Gasteiger partial charge in [-0.1, -0.05) is 35.4 Å². The van der Waals surface area contributed by atoms with Crippen molar-refractivity contribution in [3.05, 3.63) is 73.4 Å². The van der Waals surface area contributed by atoms with Crippen LogP contribution in [0.3, 0.4) is 0 Å². The molecule has 0 saturated heterocycles. The Morgan fingerprint density at radius 3 is 2.75 bits per heavy atom. The molecule has 1 atom stereocenters. The fraction of sp³-hybridized carbons (Fsp3) is 0.333. The summed E-state index contributed by atoms with van der Waals surface area (Å²) in [6.45, 7) is 4.20. The van der Waals surface area contributed by atoms with Gasteiger partial charge in [-0.15, -0.1) is 0 Å². The van der Waals surface area contributed by atoms with Crippen molar-refractivity contribution in [3.63, 3.8) is 0 Å². The smallest absolute Gasteiger partial charge is 0.285 e. The van der Waals surface area contributed by atoms with Crippen molar-refractivity contribution >= 4 is 23.2 Å². The number of rotatable bonds is 5. The van der Waals surface area contributed by atoms with Crippen LogP contribution in [0.15, 0.2) is 29.2 Å². The van der Waals surface area contributed by atoms with Gasteiger partial charge in [-0.25, -0.2) is 13.9 Å². The second-order valence-corrected chi connectivity index (χ2v) is 8.14. The second-order valence-electron chi connectivity index (χ2n) is 7.76. The van der Waals surface area contributed by atoms with E-state index < -0.39 is 23.9 Å². The van der Waals surface area contributed by atoms with Gasteiger partial charge in [-0.3, -0.25) is 14.3 Å². The maximum absolute atomic E-state index is 13.7. The lowest BCUT2D eigenvalue weighted by molar-refractivity contribution is 0.0993. The van der Waals surface area contributed by atoms with Crippen molar-refractivity contribution in [1.82, 2.24) is 20.0 Å². The number of nitrogens with one attached hydrogen (secondary N) is 1. The number of aromatic nitrogens is 4. The molecule has 32 heavy (non-hydrogen) atoms. The number of nitrogens with zero attached hydrogens (tertiary/aromatic N) is 4. The Bertz CT molecular complexity index is 1260. The van der Waals surface area contributed by atoms with E-state index >= 15 is 0 Å². The molecule has 1 aromatic carbocycles. The zero-order chi connectivity index (χ0) is 23.2. The lowest BCUT2D eigenvalue weighted by atomic mass is 9.98. The van der Waals surface area contributed by atoms with E-state index in [0.29, 0.717) is 29.8 Å². The summed E-state index contributed by atoms with van der Waals surface area (Å²) < 4.78 is 29.0. The van der Waals surface area contributed by atoms with E-state index in [0.717, 1.165) is 11.3 Å². The molecule has 0 aliphatic carbocycles. The summed E-state index contributed by atoms with van der Waals surface area (Å²) in [6, 6.07) is 4.35. The number of fused-ring (bicyclic) bond motifs is 1. The minimum atomic E-state index is -2.64. The first kappa shape index (κ1) is 21.9. The number of H-pyrrole nitrogens is 1. The van der Waals surface area contributed by atoms with Crippen molar-refractivity contribution in [2.75, 3.05) is 11.4 Å². The van der Waals surface area contributed by atoms with Gasteiger partial charge in [-0.05, 0) is 19.4 Å². The zero-order valence-corrected chi connectivity index (χ0v) is 18.2. The highest BCUT2D eigenvalue weighted by molar-refractivity contribution is 6.33. The normalized spacial score (nSPS) is 14.5.